The van der Waals surface area contributed by atoms with Gasteiger partial charge >= 0.3 is 0 Å². The summed E-state index contributed by atoms with van der Waals surface area (Å²) in [6.45, 7) is 3.39. The molecule has 1 heterocycles. The van der Waals surface area contributed by atoms with E-state index < -0.39 is 0 Å². The van der Waals surface area contributed by atoms with Gasteiger partial charge in [-0.15, -0.1) is 0 Å². The van der Waals surface area contributed by atoms with Crippen molar-refractivity contribution in [1.82, 2.24) is 5.32 Å². The summed E-state index contributed by atoms with van der Waals surface area (Å²) in [5.74, 6) is 0.806. The summed E-state index contributed by atoms with van der Waals surface area (Å²) in [6.07, 6.45) is 3.87. The molecule has 1 aliphatic heterocycles. The number of nitrogens with one attached hydrogen (secondary N) is 1. The maximum atomic E-state index is 8.90. The van der Waals surface area contributed by atoms with Gasteiger partial charge in [-0.25, -0.2) is 0 Å². The lowest BCUT2D eigenvalue weighted by Gasteiger charge is -2.26. The topological polar surface area (TPSA) is 39.1 Å². The molecule has 0 saturated carbocycles. The Morgan fingerprint density at radius 2 is 2.39 bits per heavy atom. The minimum Gasteiger partial charge on any atom is -0.375 e. The van der Waals surface area contributed by atoms with E-state index in [0.717, 1.165) is 30.3 Å². The molecule has 3 nitrogen and oxygen atoms in total. The quantitative estimate of drug-likeness (QED) is 0.882. The van der Waals surface area contributed by atoms with Crippen molar-refractivity contribution in [3.05, 3.63) is 29.8 Å². The highest BCUT2D eigenvalue weighted by Crippen LogP contribution is 2.18. The number of anilines is 1. The van der Waals surface area contributed by atoms with E-state index in [9.17, 15) is 0 Å². The smallest absolute Gasteiger partial charge is 0.0992 e. The third-order valence-electron chi connectivity index (χ3n) is 3.69. The molecule has 2 rings (SSSR count). The summed E-state index contributed by atoms with van der Waals surface area (Å²) >= 11 is 0. The van der Waals surface area contributed by atoms with Gasteiger partial charge in [0.2, 0.25) is 0 Å². The molecule has 0 amide bonds. The average molecular weight is 243 g/mol. The third kappa shape index (κ3) is 3.48. The zero-order valence-corrected chi connectivity index (χ0v) is 11.0. The molecule has 18 heavy (non-hydrogen) atoms. The molecule has 0 bridgehead atoms. The van der Waals surface area contributed by atoms with Crippen molar-refractivity contribution in [3.8, 4) is 6.07 Å². The van der Waals surface area contributed by atoms with Crippen LogP contribution in [0.1, 0.15) is 24.8 Å². The number of hydrogen-bond acceptors (Lipinski definition) is 3. The summed E-state index contributed by atoms with van der Waals surface area (Å²) in [5.41, 5.74) is 1.87. The number of nitrogens with zero attached hydrogens (tertiary/aromatic N) is 2. The Labute approximate surface area is 109 Å². The Balaban J connectivity index is 1.86. The molecule has 1 aromatic rings. The molecular weight excluding hydrogens is 222 g/mol. The maximum Gasteiger partial charge on any atom is 0.0992 e. The van der Waals surface area contributed by atoms with Crippen LogP contribution in [0.3, 0.4) is 0 Å². The number of hydrogen-bond donors (Lipinski definition) is 1. The van der Waals surface area contributed by atoms with Crippen LogP contribution >= 0.6 is 0 Å². The van der Waals surface area contributed by atoms with Gasteiger partial charge in [0, 0.05) is 19.3 Å². The van der Waals surface area contributed by atoms with Crippen LogP contribution in [0.2, 0.25) is 0 Å². The van der Waals surface area contributed by atoms with Crippen LogP contribution in [0.4, 0.5) is 5.69 Å². The minimum absolute atomic E-state index is 0.735. The molecule has 0 aliphatic carbocycles. The molecule has 0 spiro atoms. The second-order valence-electron chi connectivity index (χ2n) is 5.08. The summed E-state index contributed by atoms with van der Waals surface area (Å²) < 4.78 is 0. The number of piperidine rings is 1. The van der Waals surface area contributed by atoms with E-state index in [1.807, 2.05) is 18.2 Å². The first-order valence-corrected chi connectivity index (χ1v) is 6.71. The fraction of sp³-hybridized carbons (Fsp3) is 0.533. The Bertz CT molecular complexity index is 416. The van der Waals surface area contributed by atoms with Crippen LogP contribution < -0.4 is 10.2 Å². The zero-order chi connectivity index (χ0) is 12.8. The van der Waals surface area contributed by atoms with Crippen molar-refractivity contribution in [2.45, 2.75) is 19.3 Å². The van der Waals surface area contributed by atoms with Crippen molar-refractivity contribution >= 4 is 5.69 Å². The fourth-order valence-corrected chi connectivity index (χ4v) is 2.49. The SMILES string of the molecule is CN(CCC1CCCNC1)c1cccc(C#N)c1. The van der Waals surface area contributed by atoms with Gasteiger partial charge in [-0.05, 0) is 56.5 Å². The highest BCUT2D eigenvalue weighted by atomic mass is 15.1. The van der Waals surface area contributed by atoms with Crippen molar-refractivity contribution in [1.29, 1.82) is 5.26 Å². The van der Waals surface area contributed by atoms with Gasteiger partial charge in [0.05, 0.1) is 11.6 Å². The fourth-order valence-electron chi connectivity index (χ4n) is 2.49. The molecule has 1 fully saturated rings. The molecule has 1 atom stereocenters. The molecule has 1 saturated heterocycles. The van der Waals surface area contributed by atoms with Gasteiger partial charge in [-0.1, -0.05) is 6.07 Å². The predicted molar refractivity (Wildman–Crippen MR) is 74.6 cm³/mol. The van der Waals surface area contributed by atoms with Gasteiger partial charge in [-0.2, -0.15) is 5.26 Å². The largest absolute Gasteiger partial charge is 0.375 e. The van der Waals surface area contributed by atoms with E-state index in [4.69, 9.17) is 5.26 Å². The predicted octanol–water partition coefficient (Wildman–Crippen LogP) is 2.38. The molecule has 96 valence electrons. The van der Waals surface area contributed by atoms with Gasteiger partial charge in [0.25, 0.3) is 0 Å². The van der Waals surface area contributed by atoms with Crippen molar-refractivity contribution in [3.63, 3.8) is 0 Å². The Hall–Kier alpha value is -1.53. The van der Waals surface area contributed by atoms with Crippen LogP contribution in [-0.4, -0.2) is 26.7 Å². The Morgan fingerprint density at radius 3 is 3.11 bits per heavy atom. The van der Waals surface area contributed by atoms with Gasteiger partial charge in [-0.3, -0.25) is 0 Å². The summed E-state index contributed by atoms with van der Waals surface area (Å²) in [7, 11) is 2.10. The van der Waals surface area contributed by atoms with Crippen molar-refractivity contribution in [2.75, 3.05) is 31.6 Å². The second kappa shape index (κ2) is 6.42. The van der Waals surface area contributed by atoms with Gasteiger partial charge in [0.15, 0.2) is 0 Å². The van der Waals surface area contributed by atoms with E-state index in [2.05, 4.69) is 29.4 Å². The van der Waals surface area contributed by atoms with Crippen LogP contribution in [0, 0.1) is 17.2 Å². The van der Waals surface area contributed by atoms with Crippen LogP contribution in [0.5, 0.6) is 0 Å². The van der Waals surface area contributed by atoms with E-state index >= 15 is 0 Å². The third-order valence-corrected chi connectivity index (χ3v) is 3.69. The average Bonchev–Trinajstić information content (AvgIpc) is 2.46. The first kappa shape index (κ1) is 12.9. The first-order chi connectivity index (χ1) is 8.79. The molecule has 1 N–H and O–H groups in total. The number of benzene rings is 1. The standard InChI is InChI=1S/C15H21N3/c1-18(9-7-13-5-3-8-17-12-13)15-6-2-4-14(10-15)11-16/h2,4,6,10,13,17H,3,5,7-9,12H2,1H3. The lowest BCUT2D eigenvalue weighted by atomic mass is 9.96. The van der Waals surface area contributed by atoms with Gasteiger partial charge < -0.3 is 10.2 Å². The summed E-state index contributed by atoms with van der Waals surface area (Å²) in [4.78, 5) is 2.25. The van der Waals surface area contributed by atoms with Crippen LogP contribution in [-0.2, 0) is 0 Å². The molecular formula is C15H21N3. The van der Waals surface area contributed by atoms with Crippen LogP contribution in [0.25, 0.3) is 0 Å². The second-order valence-corrected chi connectivity index (χ2v) is 5.08. The summed E-state index contributed by atoms with van der Waals surface area (Å²) in [5, 5.41) is 12.4. The number of nitriles is 1. The van der Waals surface area contributed by atoms with Crippen molar-refractivity contribution < 1.29 is 0 Å². The van der Waals surface area contributed by atoms with E-state index in [1.54, 1.807) is 0 Å². The molecule has 1 aliphatic rings. The monoisotopic (exact) mass is 243 g/mol. The van der Waals surface area contributed by atoms with Crippen molar-refractivity contribution in [2.24, 2.45) is 5.92 Å². The lowest BCUT2D eigenvalue weighted by Crippen LogP contribution is -2.32. The zero-order valence-electron chi connectivity index (χ0n) is 11.0. The Kier molecular flexibility index (Phi) is 4.60. The minimum atomic E-state index is 0.735. The maximum absolute atomic E-state index is 8.90. The highest BCUT2D eigenvalue weighted by Gasteiger charge is 2.13. The molecule has 0 aromatic heterocycles. The molecule has 1 aromatic carbocycles. The van der Waals surface area contributed by atoms with E-state index in [0.29, 0.717) is 0 Å². The highest BCUT2D eigenvalue weighted by molar-refractivity contribution is 5.50. The molecule has 1 unspecified atom stereocenters. The molecule has 3 heteroatoms. The van der Waals surface area contributed by atoms with E-state index in [1.165, 1.54) is 25.8 Å². The normalized spacial score (nSPS) is 19.2. The number of rotatable bonds is 4. The Morgan fingerprint density at radius 1 is 1.50 bits per heavy atom. The first-order valence-electron chi connectivity index (χ1n) is 6.71. The van der Waals surface area contributed by atoms with Crippen LogP contribution in [0.15, 0.2) is 24.3 Å². The summed E-state index contributed by atoms with van der Waals surface area (Å²) in [6, 6.07) is 10.0. The lowest BCUT2D eigenvalue weighted by molar-refractivity contribution is 0.360. The van der Waals surface area contributed by atoms with Gasteiger partial charge in [0.1, 0.15) is 0 Å². The van der Waals surface area contributed by atoms with E-state index in [-0.39, 0.29) is 0 Å². The molecule has 0 radical (unpaired) electrons.